The third-order valence-corrected chi connectivity index (χ3v) is 7.46. The predicted molar refractivity (Wildman–Crippen MR) is 99.7 cm³/mol. The molecule has 0 radical (unpaired) electrons. The van der Waals surface area contributed by atoms with Gasteiger partial charge in [0.2, 0.25) is 0 Å². The lowest BCUT2D eigenvalue weighted by Crippen LogP contribution is -2.52. The average Bonchev–Trinajstić information content (AvgIpc) is 3.17. The van der Waals surface area contributed by atoms with Gasteiger partial charge in [0.15, 0.2) is 6.19 Å². The number of pyridine rings is 1. The molecule has 0 aromatic carbocycles. The summed E-state index contributed by atoms with van der Waals surface area (Å²) in [5, 5.41) is 9.04. The van der Waals surface area contributed by atoms with E-state index in [2.05, 4.69) is 16.1 Å². The molecule has 4 rings (SSSR count). The Bertz CT molecular complexity index is 707. The molecule has 1 aromatic heterocycles. The minimum absolute atomic E-state index is 0.0104. The number of hydrogen-bond acceptors (Lipinski definition) is 9. The van der Waals surface area contributed by atoms with Gasteiger partial charge in [-0.2, -0.15) is 9.57 Å². The van der Waals surface area contributed by atoms with Crippen LogP contribution in [0.15, 0.2) is 18.3 Å². The summed E-state index contributed by atoms with van der Waals surface area (Å²) in [5.74, 6) is 0.820. The van der Waals surface area contributed by atoms with E-state index >= 15 is 0 Å². The molecule has 0 bridgehead atoms. The van der Waals surface area contributed by atoms with Crippen molar-refractivity contribution in [1.82, 2.24) is 14.2 Å². The van der Waals surface area contributed by atoms with Gasteiger partial charge in [-0.05, 0) is 12.5 Å². The Balaban J connectivity index is 1.49. The maximum Gasteiger partial charge on any atom is 0.179 e. The lowest BCUT2D eigenvalue weighted by atomic mass is 10.1. The van der Waals surface area contributed by atoms with Crippen molar-refractivity contribution >= 4 is 22.5 Å². The third kappa shape index (κ3) is 2.95. The van der Waals surface area contributed by atoms with Crippen molar-refractivity contribution in [3.05, 3.63) is 18.3 Å². The first-order valence-electron chi connectivity index (χ1n) is 8.74. The van der Waals surface area contributed by atoms with Crippen LogP contribution < -0.4 is 9.21 Å². The maximum absolute atomic E-state index is 10.9. The minimum atomic E-state index is -3.08. The zero-order valence-electron chi connectivity index (χ0n) is 14.7. The summed E-state index contributed by atoms with van der Waals surface area (Å²) < 4.78 is 30.5. The molecular formula is C16H24N6O3S. The van der Waals surface area contributed by atoms with Gasteiger partial charge in [0.25, 0.3) is 0 Å². The van der Waals surface area contributed by atoms with Gasteiger partial charge in [-0.3, -0.25) is 13.4 Å². The molecule has 4 heterocycles. The van der Waals surface area contributed by atoms with Crippen molar-refractivity contribution < 1.29 is 13.8 Å². The lowest BCUT2D eigenvalue weighted by molar-refractivity contribution is 0.0783. The zero-order valence-corrected chi connectivity index (χ0v) is 15.5. The number of nitrogens with zero attached hydrogens (tertiary/aromatic N) is 6. The van der Waals surface area contributed by atoms with Crippen molar-refractivity contribution in [3.8, 4) is 6.19 Å². The van der Waals surface area contributed by atoms with Gasteiger partial charge < -0.3 is 14.5 Å². The monoisotopic (exact) mass is 380 g/mol. The number of ether oxygens (including phenoxy) is 1. The Morgan fingerprint density at radius 3 is 2.77 bits per heavy atom. The molecule has 9 nitrogen and oxygen atoms in total. The molecule has 3 fully saturated rings. The van der Waals surface area contributed by atoms with Gasteiger partial charge in [0.1, 0.15) is 5.82 Å². The normalized spacial score (nSPS) is 27.5. The third-order valence-electron chi connectivity index (χ3n) is 5.37. The average molecular weight is 380 g/mol. The van der Waals surface area contributed by atoms with E-state index in [-0.39, 0.29) is 12.1 Å². The summed E-state index contributed by atoms with van der Waals surface area (Å²) in [6.45, 7) is 3.91. The van der Waals surface area contributed by atoms with Crippen LogP contribution in [0.1, 0.15) is 6.42 Å². The summed E-state index contributed by atoms with van der Waals surface area (Å²) in [6.07, 6.45) is 4.85. The van der Waals surface area contributed by atoms with Gasteiger partial charge in [-0.15, -0.1) is 0 Å². The van der Waals surface area contributed by atoms with Crippen LogP contribution in [0.5, 0.6) is 0 Å². The Hall–Kier alpha value is -1.77. The van der Waals surface area contributed by atoms with E-state index in [1.165, 1.54) is 0 Å². The van der Waals surface area contributed by atoms with Gasteiger partial charge >= 0.3 is 0 Å². The van der Waals surface area contributed by atoms with E-state index in [1.54, 1.807) is 26.8 Å². The molecule has 3 aliphatic rings. The largest absolute Gasteiger partial charge is 0.378 e. The quantitative estimate of drug-likeness (QED) is 0.746. The highest BCUT2D eigenvalue weighted by atomic mass is 32.3. The van der Waals surface area contributed by atoms with E-state index in [9.17, 15) is 9.11 Å². The van der Waals surface area contributed by atoms with E-state index in [0.717, 1.165) is 31.0 Å². The molecule has 0 unspecified atom stereocenters. The number of anilines is 2. The van der Waals surface area contributed by atoms with Gasteiger partial charge in [0.05, 0.1) is 24.4 Å². The Labute approximate surface area is 155 Å². The summed E-state index contributed by atoms with van der Waals surface area (Å²) in [7, 11) is -1.38. The minimum Gasteiger partial charge on any atom is -0.378 e. The highest BCUT2D eigenvalue weighted by molar-refractivity contribution is 8.23. The van der Waals surface area contributed by atoms with Crippen molar-refractivity contribution in [2.75, 3.05) is 55.6 Å². The van der Waals surface area contributed by atoms with Crippen molar-refractivity contribution in [2.45, 2.75) is 18.6 Å². The molecule has 26 heavy (non-hydrogen) atoms. The lowest BCUT2D eigenvalue weighted by Gasteiger charge is -2.45. The van der Waals surface area contributed by atoms with Crippen LogP contribution in [0.2, 0.25) is 0 Å². The van der Waals surface area contributed by atoms with Gasteiger partial charge in [-0.1, -0.05) is 11.0 Å². The molecule has 0 saturated carbocycles. The zero-order chi connectivity index (χ0) is 18.3. The fourth-order valence-corrected chi connectivity index (χ4v) is 5.67. The molecule has 142 valence electrons. The van der Waals surface area contributed by atoms with E-state index in [0.29, 0.717) is 26.2 Å². The van der Waals surface area contributed by atoms with Crippen LogP contribution >= 0.6 is 11.0 Å². The summed E-state index contributed by atoms with van der Waals surface area (Å²) in [6, 6.07) is 3.70. The van der Waals surface area contributed by atoms with Crippen molar-refractivity contribution in [2.24, 2.45) is 0 Å². The van der Waals surface area contributed by atoms with Gasteiger partial charge in [-0.25, -0.2) is 4.98 Å². The second-order valence-electron chi connectivity index (χ2n) is 6.86. The molecule has 3 aliphatic heterocycles. The van der Waals surface area contributed by atoms with Crippen molar-refractivity contribution in [1.29, 1.82) is 5.26 Å². The topological polar surface area (TPSA) is 99.3 Å². The Morgan fingerprint density at radius 2 is 2.08 bits per heavy atom. The van der Waals surface area contributed by atoms with E-state index in [1.807, 2.05) is 12.1 Å². The van der Waals surface area contributed by atoms with Crippen LogP contribution in [0.3, 0.4) is 0 Å². The SMILES string of the molecule is COC1CN(c2cc(N3CCN([C@@H]4CCN(C#N)C4)S3(O)O)ccn2)C1. The van der Waals surface area contributed by atoms with Crippen LogP contribution in [0.25, 0.3) is 0 Å². The first-order chi connectivity index (χ1) is 12.5. The molecule has 3 saturated heterocycles. The number of methoxy groups -OCH3 is 1. The number of aromatic nitrogens is 1. The highest BCUT2D eigenvalue weighted by Crippen LogP contribution is 2.55. The Kier molecular flexibility index (Phi) is 4.58. The molecule has 2 N–H and O–H groups in total. The first kappa shape index (κ1) is 17.6. The molecule has 0 spiro atoms. The molecule has 10 heteroatoms. The molecule has 1 aromatic rings. The molecule has 0 aliphatic carbocycles. The molecular weight excluding hydrogens is 356 g/mol. The maximum atomic E-state index is 10.9. The van der Waals surface area contributed by atoms with Crippen LogP contribution in [0.4, 0.5) is 11.5 Å². The summed E-state index contributed by atoms with van der Waals surface area (Å²) in [4.78, 5) is 8.18. The van der Waals surface area contributed by atoms with E-state index < -0.39 is 11.0 Å². The highest BCUT2D eigenvalue weighted by Gasteiger charge is 2.43. The second kappa shape index (κ2) is 6.75. The van der Waals surface area contributed by atoms with Gasteiger partial charge in [0, 0.05) is 52.1 Å². The molecule has 1 atom stereocenters. The van der Waals surface area contributed by atoms with Crippen LogP contribution in [-0.4, -0.2) is 81.8 Å². The Morgan fingerprint density at radius 1 is 1.27 bits per heavy atom. The number of hydrogen-bond donors (Lipinski definition) is 2. The van der Waals surface area contributed by atoms with E-state index in [4.69, 9.17) is 10.00 Å². The fraction of sp³-hybridized carbons (Fsp3) is 0.625. The number of nitriles is 1. The summed E-state index contributed by atoms with van der Waals surface area (Å²) in [5.41, 5.74) is 0.758. The summed E-state index contributed by atoms with van der Waals surface area (Å²) >= 11 is 0. The number of rotatable bonds is 4. The van der Waals surface area contributed by atoms with Crippen LogP contribution in [0, 0.1) is 11.5 Å². The smallest absolute Gasteiger partial charge is 0.179 e. The standard InChI is InChI=1S/C16H24N6O3S/c1-25-15-10-20(11-15)16-8-13(2-4-18-16)21-6-7-22(26(21,23)24)14-3-5-19(9-14)12-17/h2,4,8,14-15,23-24H,3,5-7,9-11H2,1H3/t14-/m1/s1. The first-order valence-corrected chi connectivity index (χ1v) is 10.2. The number of likely N-dealkylation sites (tertiary alicyclic amines) is 1. The molecule has 0 amide bonds. The van der Waals surface area contributed by atoms with Crippen molar-refractivity contribution in [3.63, 3.8) is 0 Å². The predicted octanol–water partition coefficient (Wildman–Crippen LogP) is 1.17. The second-order valence-corrected chi connectivity index (χ2v) is 8.75. The van der Waals surface area contributed by atoms with Crippen LogP contribution in [-0.2, 0) is 4.74 Å². The fourth-order valence-electron chi connectivity index (χ4n) is 3.79.